The minimum Gasteiger partial charge on any atom is -0.494 e. The summed E-state index contributed by atoms with van der Waals surface area (Å²) in [5.74, 6) is 0.520. The van der Waals surface area contributed by atoms with Gasteiger partial charge in [0, 0.05) is 30.9 Å². The van der Waals surface area contributed by atoms with Gasteiger partial charge in [-0.25, -0.2) is 8.42 Å². The van der Waals surface area contributed by atoms with Gasteiger partial charge < -0.3 is 15.4 Å². The number of nitrogens with one attached hydrogen (secondary N) is 3. The van der Waals surface area contributed by atoms with E-state index in [1.807, 2.05) is 30.3 Å². The third-order valence-corrected chi connectivity index (χ3v) is 4.43. The van der Waals surface area contributed by atoms with E-state index in [2.05, 4.69) is 21.9 Å². The van der Waals surface area contributed by atoms with E-state index in [4.69, 9.17) is 4.74 Å². The highest BCUT2D eigenvalue weighted by Crippen LogP contribution is 2.14. The second-order valence-electron chi connectivity index (χ2n) is 6.48. The minimum absolute atomic E-state index is 0.266. The minimum atomic E-state index is -3.39. The largest absolute Gasteiger partial charge is 0.494 e. The summed E-state index contributed by atoms with van der Waals surface area (Å²) in [5.41, 5.74) is 1.87. The fourth-order valence-electron chi connectivity index (χ4n) is 2.57. The van der Waals surface area contributed by atoms with Crippen molar-refractivity contribution in [3.05, 3.63) is 72.3 Å². The van der Waals surface area contributed by atoms with Gasteiger partial charge >= 0.3 is 0 Å². The predicted molar refractivity (Wildman–Crippen MR) is 116 cm³/mol. The Bertz CT molecular complexity index is 929. The molecule has 0 aliphatic carbocycles. The van der Waals surface area contributed by atoms with Crippen LogP contribution in [0.2, 0.25) is 0 Å². The summed E-state index contributed by atoms with van der Waals surface area (Å²) in [4.78, 5) is 12.2. The Balaban J connectivity index is 1.74. The number of anilines is 1. The molecule has 0 unspecified atom stereocenters. The van der Waals surface area contributed by atoms with Crippen molar-refractivity contribution in [1.82, 2.24) is 10.6 Å². The summed E-state index contributed by atoms with van der Waals surface area (Å²) in [6, 6.07) is 14.2. The third-order valence-electron chi connectivity index (χ3n) is 3.82. The molecule has 8 heteroatoms. The predicted octanol–water partition coefficient (Wildman–Crippen LogP) is 2.53. The number of carbonyl (C=O) groups excluding carboxylic acids is 1. The third kappa shape index (κ3) is 8.80. The van der Waals surface area contributed by atoms with Gasteiger partial charge in [0.2, 0.25) is 10.0 Å². The molecule has 7 nitrogen and oxygen atoms in total. The number of amides is 1. The molecule has 0 bridgehead atoms. The van der Waals surface area contributed by atoms with E-state index in [-0.39, 0.29) is 5.91 Å². The lowest BCUT2D eigenvalue weighted by Crippen LogP contribution is -2.25. The van der Waals surface area contributed by atoms with Crippen LogP contribution in [0.5, 0.6) is 5.75 Å². The van der Waals surface area contributed by atoms with Gasteiger partial charge in [-0.3, -0.25) is 9.52 Å². The molecule has 2 rings (SSSR count). The Kier molecular flexibility index (Phi) is 8.69. The molecule has 0 fully saturated rings. The van der Waals surface area contributed by atoms with E-state index in [0.29, 0.717) is 30.8 Å². The average Bonchev–Trinajstić information content (AvgIpc) is 2.67. The Morgan fingerprint density at radius 1 is 1.17 bits per heavy atom. The number of hydrogen-bond acceptors (Lipinski definition) is 5. The molecule has 3 N–H and O–H groups in total. The van der Waals surface area contributed by atoms with Gasteiger partial charge in [-0.15, -0.1) is 6.58 Å². The van der Waals surface area contributed by atoms with E-state index >= 15 is 0 Å². The maximum Gasteiger partial charge on any atom is 0.251 e. The topological polar surface area (TPSA) is 96.5 Å². The van der Waals surface area contributed by atoms with E-state index in [9.17, 15) is 13.2 Å². The van der Waals surface area contributed by atoms with Crippen LogP contribution >= 0.6 is 0 Å². The monoisotopic (exact) mass is 417 g/mol. The Morgan fingerprint density at radius 2 is 1.97 bits per heavy atom. The van der Waals surface area contributed by atoms with Gasteiger partial charge in [-0.05, 0) is 42.3 Å². The Hall–Kier alpha value is -2.84. The van der Waals surface area contributed by atoms with E-state index in [1.165, 1.54) is 6.07 Å². The van der Waals surface area contributed by atoms with Crippen molar-refractivity contribution < 1.29 is 17.9 Å². The first-order valence-corrected chi connectivity index (χ1v) is 11.2. The molecular formula is C21H27N3O4S. The SMILES string of the molecule is C=CCNCc1cccc(OCCCNC(=O)c2cccc(NS(C)(=O)=O)c2)c1. The number of carbonyl (C=O) groups is 1. The van der Waals surface area contributed by atoms with Crippen molar-refractivity contribution in [2.75, 3.05) is 30.7 Å². The smallest absolute Gasteiger partial charge is 0.251 e. The van der Waals surface area contributed by atoms with Crippen LogP contribution in [0.15, 0.2) is 61.2 Å². The van der Waals surface area contributed by atoms with Gasteiger partial charge in [0.05, 0.1) is 12.9 Å². The first kappa shape index (κ1) is 22.4. The van der Waals surface area contributed by atoms with Crippen LogP contribution in [0.1, 0.15) is 22.3 Å². The first-order valence-electron chi connectivity index (χ1n) is 9.27. The van der Waals surface area contributed by atoms with E-state index in [0.717, 1.165) is 30.7 Å². The molecule has 0 aliphatic rings. The summed E-state index contributed by atoms with van der Waals surface area (Å²) in [7, 11) is -3.39. The molecule has 0 saturated carbocycles. The van der Waals surface area contributed by atoms with Crippen LogP contribution in [0.4, 0.5) is 5.69 Å². The number of hydrogen-bond donors (Lipinski definition) is 3. The normalized spacial score (nSPS) is 10.9. The molecule has 1 amide bonds. The first-order chi connectivity index (χ1) is 13.9. The van der Waals surface area contributed by atoms with Gasteiger partial charge in [0.1, 0.15) is 5.75 Å². The van der Waals surface area contributed by atoms with Crippen molar-refractivity contribution in [2.24, 2.45) is 0 Å². The molecule has 29 heavy (non-hydrogen) atoms. The van der Waals surface area contributed by atoms with Crippen molar-refractivity contribution >= 4 is 21.6 Å². The van der Waals surface area contributed by atoms with Crippen LogP contribution in [-0.4, -0.2) is 40.3 Å². The lowest BCUT2D eigenvalue weighted by molar-refractivity contribution is 0.0951. The highest BCUT2D eigenvalue weighted by molar-refractivity contribution is 7.92. The fourth-order valence-corrected chi connectivity index (χ4v) is 3.12. The standard InChI is InChI=1S/C21H27N3O4S/c1-3-11-22-16-17-7-4-10-20(14-17)28-13-6-12-23-21(25)18-8-5-9-19(15-18)24-29(2,26)27/h3-5,7-10,14-15,22,24H,1,6,11-13,16H2,2H3,(H,23,25). The number of sulfonamides is 1. The molecule has 0 aromatic heterocycles. The highest BCUT2D eigenvalue weighted by Gasteiger charge is 2.08. The van der Waals surface area contributed by atoms with Crippen LogP contribution in [-0.2, 0) is 16.6 Å². The Morgan fingerprint density at radius 3 is 2.72 bits per heavy atom. The second-order valence-corrected chi connectivity index (χ2v) is 8.23. The molecular weight excluding hydrogens is 390 g/mol. The van der Waals surface area contributed by atoms with E-state index in [1.54, 1.807) is 18.2 Å². The summed E-state index contributed by atoms with van der Waals surface area (Å²) in [5, 5.41) is 6.05. The van der Waals surface area contributed by atoms with Crippen LogP contribution in [0, 0.1) is 0 Å². The lowest BCUT2D eigenvalue weighted by atomic mass is 10.2. The fraction of sp³-hybridized carbons (Fsp3) is 0.286. The molecule has 0 aliphatic heterocycles. The van der Waals surface area contributed by atoms with Crippen LogP contribution in [0.25, 0.3) is 0 Å². The van der Waals surface area contributed by atoms with Crippen molar-refractivity contribution in [3.63, 3.8) is 0 Å². The number of ether oxygens (including phenoxy) is 1. The Labute approximate surface area is 172 Å². The highest BCUT2D eigenvalue weighted by atomic mass is 32.2. The molecule has 0 heterocycles. The van der Waals surface area contributed by atoms with Crippen LogP contribution < -0.4 is 20.1 Å². The second kappa shape index (κ2) is 11.2. The molecule has 0 atom stereocenters. The molecule has 2 aromatic rings. The maximum absolute atomic E-state index is 12.2. The number of rotatable bonds is 12. The lowest BCUT2D eigenvalue weighted by Gasteiger charge is -2.10. The molecule has 156 valence electrons. The zero-order valence-electron chi connectivity index (χ0n) is 16.5. The average molecular weight is 418 g/mol. The van der Waals surface area contributed by atoms with Crippen molar-refractivity contribution in [1.29, 1.82) is 0 Å². The molecule has 0 spiro atoms. The molecule has 0 saturated heterocycles. The zero-order valence-corrected chi connectivity index (χ0v) is 17.3. The van der Waals surface area contributed by atoms with E-state index < -0.39 is 10.0 Å². The summed E-state index contributed by atoms with van der Waals surface area (Å²) < 4.78 is 30.7. The van der Waals surface area contributed by atoms with Gasteiger partial charge in [-0.1, -0.05) is 24.3 Å². The summed E-state index contributed by atoms with van der Waals surface area (Å²) in [6.07, 6.45) is 3.52. The molecule has 0 radical (unpaired) electrons. The number of benzene rings is 2. The maximum atomic E-state index is 12.2. The van der Waals surface area contributed by atoms with Crippen molar-refractivity contribution in [2.45, 2.75) is 13.0 Å². The zero-order chi connectivity index (χ0) is 21.1. The van der Waals surface area contributed by atoms with Crippen LogP contribution in [0.3, 0.4) is 0 Å². The van der Waals surface area contributed by atoms with Gasteiger partial charge in [0.15, 0.2) is 0 Å². The quantitative estimate of drug-likeness (QED) is 0.364. The summed E-state index contributed by atoms with van der Waals surface area (Å²) in [6.45, 7) is 6.08. The van der Waals surface area contributed by atoms with Gasteiger partial charge in [0.25, 0.3) is 5.91 Å². The van der Waals surface area contributed by atoms with Gasteiger partial charge in [-0.2, -0.15) is 0 Å². The van der Waals surface area contributed by atoms with Crippen molar-refractivity contribution in [3.8, 4) is 5.75 Å². The molecule has 2 aromatic carbocycles. The summed E-state index contributed by atoms with van der Waals surface area (Å²) >= 11 is 0.